The molecule has 0 saturated heterocycles. The first kappa shape index (κ1) is 13.7. The van der Waals surface area contributed by atoms with E-state index in [1.165, 1.54) is 0 Å². The van der Waals surface area contributed by atoms with E-state index in [1.54, 1.807) is 6.20 Å². The molecule has 0 aliphatic carbocycles. The van der Waals surface area contributed by atoms with Crippen molar-refractivity contribution < 1.29 is 0 Å². The molecule has 3 aromatic rings. The van der Waals surface area contributed by atoms with Crippen LogP contribution in [0.5, 0.6) is 0 Å². The first-order valence-corrected chi connectivity index (χ1v) is 6.93. The van der Waals surface area contributed by atoms with Crippen molar-refractivity contribution >= 4 is 10.9 Å². The number of aromatic nitrogens is 2. The minimum Gasteiger partial charge on any atom is -0.271 e. The lowest BCUT2D eigenvalue weighted by Gasteiger charge is -2.18. The molecule has 0 saturated carbocycles. The smallest absolute Gasteiger partial charge is 0.0884 e. The van der Waals surface area contributed by atoms with Crippen LogP contribution in [0.3, 0.4) is 0 Å². The standard InChI is InChI=1S/C17H18N4/c1-11-8-12(2)16(20-10-11)17(21-18)14-6-5-13-4-3-7-19-15(13)9-14/h3-10,17,21H,18H2,1-2H3. The molecule has 0 spiro atoms. The molecule has 0 aliphatic heterocycles. The van der Waals surface area contributed by atoms with Crippen LogP contribution in [-0.4, -0.2) is 9.97 Å². The largest absolute Gasteiger partial charge is 0.271 e. The molecule has 2 heterocycles. The van der Waals surface area contributed by atoms with Crippen LogP contribution in [0.4, 0.5) is 0 Å². The van der Waals surface area contributed by atoms with Gasteiger partial charge in [0.1, 0.15) is 0 Å². The Labute approximate surface area is 124 Å². The molecule has 1 aromatic carbocycles. The fraction of sp³-hybridized carbons (Fsp3) is 0.176. The second kappa shape index (κ2) is 5.60. The predicted molar refractivity (Wildman–Crippen MR) is 84.6 cm³/mol. The second-order valence-electron chi connectivity index (χ2n) is 5.27. The quantitative estimate of drug-likeness (QED) is 0.571. The third kappa shape index (κ3) is 2.63. The summed E-state index contributed by atoms with van der Waals surface area (Å²) in [4.78, 5) is 8.94. The molecular weight excluding hydrogens is 260 g/mol. The molecule has 3 rings (SSSR count). The van der Waals surface area contributed by atoms with E-state index in [9.17, 15) is 0 Å². The molecule has 0 fully saturated rings. The second-order valence-corrected chi connectivity index (χ2v) is 5.27. The molecule has 3 N–H and O–H groups in total. The molecular formula is C17H18N4. The van der Waals surface area contributed by atoms with Gasteiger partial charge >= 0.3 is 0 Å². The number of aryl methyl sites for hydroxylation is 2. The maximum atomic E-state index is 5.78. The van der Waals surface area contributed by atoms with E-state index in [1.807, 2.05) is 25.3 Å². The van der Waals surface area contributed by atoms with Gasteiger partial charge in [-0.2, -0.15) is 0 Å². The summed E-state index contributed by atoms with van der Waals surface area (Å²) in [5.41, 5.74) is 8.10. The van der Waals surface area contributed by atoms with Crippen LogP contribution in [0.1, 0.15) is 28.4 Å². The van der Waals surface area contributed by atoms with Crippen molar-refractivity contribution in [1.29, 1.82) is 0 Å². The minimum atomic E-state index is -0.142. The third-order valence-electron chi connectivity index (χ3n) is 3.66. The number of hydrazine groups is 1. The van der Waals surface area contributed by atoms with Gasteiger partial charge in [-0.25, -0.2) is 5.43 Å². The first-order chi connectivity index (χ1) is 10.2. The molecule has 106 valence electrons. The molecule has 4 nitrogen and oxygen atoms in total. The van der Waals surface area contributed by atoms with Gasteiger partial charge in [-0.1, -0.05) is 24.3 Å². The molecule has 2 aromatic heterocycles. The SMILES string of the molecule is Cc1cnc(C(NN)c2ccc3cccnc3c2)c(C)c1. The van der Waals surface area contributed by atoms with Crippen molar-refractivity contribution in [3.63, 3.8) is 0 Å². The van der Waals surface area contributed by atoms with Crippen molar-refractivity contribution in [2.24, 2.45) is 5.84 Å². The number of fused-ring (bicyclic) bond motifs is 1. The van der Waals surface area contributed by atoms with Gasteiger partial charge in [-0.15, -0.1) is 0 Å². The van der Waals surface area contributed by atoms with Crippen LogP contribution in [0, 0.1) is 13.8 Å². The molecule has 21 heavy (non-hydrogen) atoms. The highest BCUT2D eigenvalue weighted by atomic mass is 15.2. The van der Waals surface area contributed by atoms with Gasteiger partial charge in [0.25, 0.3) is 0 Å². The van der Waals surface area contributed by atoms with Gasteiger partial charge < -0.3 is 0 Å². The van der Waals surface area contributed by atoms with E-state index in [0.29, 0.717) is 0 Å². The normalized spacial score (nSPS) is 12.5. The number of nitrogens with one attached hydrogen (secondary N) is 1. The third-order valence-corrected chi connectivity index (χ3v) is 3.66. The van der Waals surface area contributed by atoms with Crippen LogP contribution in [-0.2, 0) is 0 Å². The monoisotopic (exact) mass is 278 g/mol. The van der Waals surface area contributed by atoms with Gasteiger partial charge in [-0.05, 0) is 42.7 Å². The number of nitrogens with zero attached hydrogens (tertiary/aromatic N) is 2. The maximum Gasteiger partial charge on any atom is 0.0884 e. The van der Waals surface area contributed by atoms with Gasteiger partial charge in [0.2, 0.25) is 0 Å². The molecule has 1 atom stereocenters. The summed E-state index contributed by atoms with van der Waals surface area (Å²) in [5.74, 6) is 5.78. The zero-order chi connectivity index (χ0) is 14.8. The predicted octanol–water partition coefficient (Wildman–Crippen LogP) is 2.80. The van der Waals surface area contributed by atoms with Crippen molar-refractivity contribution in [3.8, 4) is 0 Å². The van der Waals surface area contributed by atoms with E-state index in [0.717, 1.165) is 33.3 Å². The lowest BCUT2D eigenvalue weighted by molar-refractivity contribution is 0.617. The van der Waals surface area contributed by atoms with Crippen LogP contribution in [0.15, 0.2) is 48.8 Å². The van der Waals surface area contributed by atoms with Crippen molar-refractivity contribution in [3.05, 3.63) is 71.2 Å². The van der Waals surface area contributed by atoms with E-state index < -0.39 is 0 Å². The molecule has 1 unspecified atom stereocenters. The first-order valence-electron chi connectivity index (χ1n) is 6.93. The van der Waals surface area contributed by atoms with Gasteiger partial charge in [0.05, 0.1) is 17.3 Å². The highest BCUT2D eigenvalue weighted by molar-refractivity contribution is 5.79. The lowest BCUT2D eigenvalue weighted by Crippen LogP contribution is -2.30. The Kier molecular flexibility index (Phi) is 3.64. The van der Waals surface area contributed by atoms with Crippen LogP contribution in [0.25, 0.3) is 10.9 Å². The summed E-state index contributed by atoms with van der Waals surface area (Å²) in [6, 6.07) is 12.1. The summed E-state index contributed by atoms with van der Waals surface area (Å²) in [6.07, 6.45) is 3.67. The summed E-state index contributed by atoms with van der Waals surface area (Å²) in [7, 11) is 0. The number of hydrogen-bond donors (Lipinski definition) is 2. The Morgan fingerprint density at radius 1 is 1.10 bits per heavy atom. The van der Waals surface area contributed by atoms with Crippen LogP contribution in [0.2, 0.25) is 0 Å². The maximum absolute atomic E-state index is 5.78. The Morgan fingerprint density at radius 3 is 2.71 bits per heavy atom. The topological polar surface area (TPSA) is 63.8 Å². The zero-order valence-corrected chi connectivity index (χ0v) is 12.2. The lowest BCUT2D eigenvalue weighted by atomic mass is 9.98. The summed E-state index contributed by atoms with van der Waals surface area (Å²) >= 11 is 0. The number of hydrogen-bond acceptors (Lipinski definition) is 4. The molecule has 0 radical (unpaired) electrons. The summed E-state index contributed by atoms with van der Waals surface area (Å²) in [6.45, 7) is 4.09. The minimum absolute atomic E-state index is 0.142. The summed E-state index contributed by atoms with van der Waals surface area (Å²) in [5, 5.41) is 1.12. The average Bonchev–Trinajstić information content (AvgIpc) is 2.50. The van der Waals surface area contributed by atoms with Crippen molar-refractivity contribution in [1.82, 2.24) is 15.4 Å². The van der Waals surface area contributed by atoms with Crippen molar-refractivity contribution in [2.75, 3.05) is 0 Å². The van der Waals surface area contributed by atoms with Gasteiger partial charge in [-0.3, -0.25) is 15.8 Å². The van der Waals surface area contributed by atoms with Crippen molar-refractivity contribution in [2.45, 2.75) is 19.9 Å². The Balaban J connectivity index is 2.09. The Bertz CT molecular complexity index is 783. The zero-order valence-electron chi connectivity index (χ0n) is 12.2. The molecule has 0 aliphatic rings. The number of pyridine rings is 2. The van der Waals surface area contributed by atoms with Gasteiger partial charge in [0.15, 0.2) is 0 Å². The van der Waals surface area contributed by atoms with E-state index in [4.69, 9.17) is 5.84 Å². The Morgan fingerprint density at radius 2 is 1.95 bits per heavy atom. The number of nitrogens with two attached hydrogens (primary N) is 1. The fourth-order valence-corrected chi connectivity index (χ4v) is 2.62. The highest BCUT2D eigenvalue weighted by Crippen LogP contribution is 2.25. The number of benzene rings is 1. The highest BCUT2D eigenvalue weighted by Gasteiger charge is 2.16. The van der Waals surface area contributed by atoms with E-state index in [-0.39, 0.29) is 6.04 Å². The molecule has 0 amide bonds. The Hall–Kier alpha value is -2.30. The number of rotatable bonds is 3. The van der Waals surface area contributed by atoms with E-state index >= 15 is 0 Å². The van der Waals surface area contributed by atoms with E-state index in [2.05, 4.69) is 46.6 Å². The van der Waals surface area contributed by atoms with Crippen LogP contribution >= 0.6 is 0 Å². The molecule has 0 bridgehead atoms. The van der Waals surface area contributed by atoms with Crippen LogP contribution < -0.4 is 11.3 Å². The molecule has 4 heteroatoms. The average molecular weight is 278 g/mol. The van der Waals surface area contributed by atoms with Gasteiger partial charge in [0, 0.05) is 17.8 Å². The fourth-order valence-electron chi connectivity index (χ4n) is 2.62. The summed E-state index contributed by atoms with van der Waals surface area (Å²) < 4.78 is 0.